The SMILES string of the molecule is CCCCCCC([O-])=N[C@H](C(=O)NCCCCCCCCCCCCCCCC(=O)O)c1ccccc1.[Na+]. The van der Waals surface area contributed by atoms with Crippen molar-refractivity contribution in [3.63, 3.8) is 0 Å². The summed E-state index contributed by atoms with van der Waals surface area (Å²) < 4.78 is 0. The summed E-state index contributed by atoms with van der Waals surface area (Å²) in [5.41, 5.74) is 0.764. The van der Waals surface area contributed by atoms with Gasteiger partial charge in [-0.25, -0.2) is 0 Å². The molecule has 0 bridgehead atoms. The largest absolute Gasteiger partial charge is 1.00 e. The van der Waals surface area contributed by atoms with Gasteiger partial charge in [-0.2, -0.15) is 0 Å². The van der Waals surface area contributed by atoms with Gasteiger partial charge in [0.25, 0.3) is 0 Å². The first-order valence-electron chi connectivity index (χ1n) is 14.8. The van der Waals surface area contributed by atoms with E-state index in [1.165, 1.54) is 51.4 Å². The Labute approximate surface area is 253 Å². The van der Waals surface area contributed by atoms with Crippen molar-refractivity contribution in [2.24, 2.45) is 4.99 Å². The van der Waals surface area contributed by atoms with Crippen molar-refractivity contribution < 1.29 is 49.4 Å². The quantitative estimate of drug-likeness (QED) is 0.0895. The van der Waals surface area contributed by atoms with Crippen molar-refractivity contribution in [2.45, 2.75) is 135 Å². The van der Waals surface area contributed by atoms with Gasteiger partial charge in [0.15, 0.2) is 6.04 Å². The van der Waals surface area contributed by atoms with E-state index < -0.39 is 12.0 Å². The summed E-state index contributed by atoms with van der Waals surface area (Å²) in [6.07, 6.45) is 19.8. The minimum Gasteiger partial charge on any atom is -0.862 e. The molecule has 0 saturated heterocycles. The van der Waals surface area contributed by atoms with Gasteiger partial charge in [-0.15, -0.1) is 0 Å². The van der Waals surface area contributed by atoms with Crippen LogP contribution in [0.25, 0.3) is 0 Å². The molecule has 0 aliphatic heterocycles. The summed E-state index contributed by atoms with van der Waals surface area (Å²) in [5, 5.41) is 24.0. The number of benzene rings is 1. The Balaban J connectivity index is 0.0000137. The van der Waals surface area contributed by atoms with Gasteiger partial charge in [0, 0.05) is 13.0 Å². The number of carbonyl (C=O) groups excluding carboxylic acids is 1. The molecule has 210 valence electrons. The number of carboxylic acid groups (broad SMARTS) is 1. The predicted molar refractivity (Wildman–Crippen MR) is 151 cm³/mol. The maximum absolute atomic E-state index is 12.8. The molecule has 0 aliphatic rings. The molecule has 1 aromatic rings. The summed E-state index contributed by atoms with van der Waals surface area (Å²) in [7, 11) is 0. The molecule has 7 heteroatoms. The van der Waals surface area contributed by atoms with Crippen LogP contribution in [0.5, 0.6) is 0 Å². The molecule has 0 saturated carbocycles. The van der Waals surface area contributed by atoms with Crippen molar-refractivity contribution in [3.05, 3.63) is 35.9 Å². The van der Waals surface area contributed by atoms with E-state index in [4.69, 9.17) is 5.11 Å². The number of aliphatic imine (C=N–C) groups is 1. The van der Waals surface area contributed by atoms with E-state index in [0.717, 1.165) is 63.4 Å². The van der Waals surface area contributed by atoms with Crippen molar-refractivity contribution >= 4 is 17.8 Å². The van der Waals surface area contributed by atoms with Crippen molar-refractivity contribution in [1.29, 1.82) is 0 Å². The van der Waals surface area contributed by atoms with Crippen LogP contribution in [-0.4, -0.2) is 29.4 Å². The molecule has 0 fully saturated rings. The first-order chi connectivity index (χ1) is 18.0. The number of aliphatic carboxylic acids is 1. The predicted octanol–water partition coefficient (Wildman–Crippen LogP) is 4.12. The van der Waals surface area contributed by atoms with Gasteiger partial charge >= 0.3 is 35.5 Å². The zero-order chi connectivity index (χ0) is 27.0. The number of amides is 1. The Hall–Kier alpha value is -1.37. The van der Waals surface area contributed by atoms with Gasteiger partial charge in [0.1, 0.15) is 0 Å². The standard InChI is InChI=1S/C31H52N2O4.Na/c1-2-3-4-19-24-28(34)33-30(27-22-17-16-18-23-27)31(37)32-26-21-15-13-11-9-7-5-6-8-10-12-14-20-25-29(35)36;/h16-18,22-23,30H,2-15,19-21,24-26H2,1H3,(H,32,37)(H,33,34)(H,35,36);/q;+1/p-1/t30-;/m0./s1. The third-order valence-electron chi connectivity index (χ3n) is 6.75. The maximum Gasteiger partial charge on any atom is 1.00 e. The van der Waals surface area contributed by atoms with Crippen molar-refractivity contribution in [2.75, 3.05) is 6.54 Å². The van der Waals surface area contributed by atoms with E-state index in [0.29, 0.717) is 19.4 Å². The fourth-order valence-corrected chi connectivity index (χ4v) is 4.49. The van der Waals surface area contributed by atoms with Gasteiger partial charge in [0.2, 0.25) is 5.91 Å². The number of carbonyl (C=O) groups is 2. The van der Waals surface area contributed by atoms with Crippen LogP contribution in [0.3, 0.4) is 0 Å². The van der Waals surface area contributed by atoms with Gasteiger partial charge in [-0.1, -0.05) is 127 Å². The second-order valence-electron chi connectivity index (χ2n) is 10.2. The van der Waals surface area contributed by atoms with Gasteiger partial charge in [-0.05, 0) is 37.1 Å². The molecule has 1 aromatic carbocycles. The monoisotopic (exact) mass is 538 g/mol. The fraction of sp³-hybridized carbons (Fsp3) is 0.710. The maximum atomic E-state index is 12.8. The zero-order valence-electron chi connectivity index (χ0n) is 24.2. The van der Waals surface area contributed by atoms with Crippen LogP contribution in [0.2, 0.25) is 0 Å². The molecule has 1 amide bonds. The number of hydrogen-bond acceptors (Lipinski definition) is 4. The molecule has 38 heavy (non-hydrogen) atoms. The average molecular weight is 539 g/mol. The molecule has 0 aliphatic carbocycles. The van der Waals surface area contributed by atoms with E-state index in [1.807, 2.05) is 30.3 Å². The zero-order valence-corrected chi connectivity index (χ0v) is 26.2. The normalized spacial score (nSPS) is 12.1. The first-order valence-corrected chi connectivity index (χ1v) is 14.8. The smallest absolute Gasteiger partial charge is 0.862 e. The number of rotatable bonds is 24. The van der Waals surface area contributed by atoms with Crippen LogP contribution in [-0.2, 0) is 9.59 Å². The Kier molecular flexibility index (Phi) is 25.0. The van der Waals surface area contributed by atoms with Crippen LogP contribution < -0.4 is 40.0 Å². The van der Waals surface area contributed by atoms with E-state index in [1.54, 1.807) is 0 Å². The number of nitrogens with one attached hydrogen (secondary N) is 1. The summed E-state index contributed by atoms with van der Waals surface area (Å²) in [6.45, 7) is 2.76. The molecule has 1 rings (SSSR count). The number of hydrogen-bond donors (Lipinski definition) is 2. The summed E-state index contributed by atoms with van der Waals surface area (Å²) in [4.78, 5) is 27.6. The van der Waals surface area contributed by atoms with Crippen molar-refractivity contribution in [3.8, 4) is 0 Å². The van der Waals surface area contributed by atoms with E-state index in [2.05, 4.69) is 17.2 Å². The van der Waals surface area contributed by atoms with Crippen LogP contribution in [0, 0.1) is 0 Å². The van der Waals surface area contributed by atoms with Crippen LogP contribution >= 0.6 is 0 Å². The first kappa shape index (κ1) is 36.6. The Bertz CT molecular complexity index is 743. The molecule has 0 spiro atoms. The molecule has 1 atom stereocenters. The number of carboxylic acids is 1. The number of unbranched alkanes of at least 4 members (excludes halogenated alkanes) is 15. The molecule has 0 radical (unpaired) electrons. The topological polar surface area (TPSA) is 102 Å². The summed E-state index contributed by atoms with van der Waals surface area (Å²) in [6, 6.07) is 8.62. The second kappa shape index (κ2) is 25.9. The minimum atomic E-state index is -0.760. The fourth-order valence-electron chi connectivity index (χ4n) is 4.49. The summed E-state index contributed by atoms with van der Waals surface area (Å²) in [5.74, 6) is -1.06. The van der Waals surface area contributed by atoms with Crippen LogP contribution in [0.15, 0.2) is 35.3 Å². The molecule has 6 nitrogen and oxygen atoms in total. The molecule has 0 heterocycles. The van der Waals surface area contributed by atoms with Gasteiger partial charge in [0.05, 0.1) is 0 Å². The minimum absolute atomic E-state index is 0. The Morgan fingerprint density at radius 1 is 0.763 bits per heavy atom. The van der Waals surface area contributed by atoms with Gasteiger partial charge < -0.3 is 15.5 Å². The third kappa shape index (κ3) is 20.6. The molecular formula is C31H51N2NaO4. The van der Waals surface area contributed by atoms with E-state index in [9.17, 15) is 14.7 Å². The van der Waals surface area contributed by atoms with Gasteiger partial charge in [-0.3, -0.25) is 14.6 Å². The van der Waals surface area contributed by atoms with Crippen LogP contribution in [0.4, 0.5) is 0 Å². The van der Waals surface area contributed by atoms with E-state index in [-0.39, 0.29) is 41.4 Å². The molecular weight excluding hydrogens is 487 g/mol. The molecule has 0 unspecified atom stereocenters. The third-order valence-corrected chi connectivity index (χ3v) is 6.75. The molecule has 2 N–H and O–H groups in total. The average Bonchev–Trinajstić information content (AvgIpc) is 2.89. The Morgan fingerprint density at radius 3 is 1.76 bits per heavy atom. The summed E-state index contributed by atoms with van der Waals surface area (Å²) >= 11 is 0. The van der Waals surface area contributed by atoms with E-state index >= 15 is 0 Å². The van der Waals surface area contributed by atoms with Crippen molar-refractivity contribution in [1.82, 2.24) is 5.32 Å². The Morgan fingerprint density at radius 2 is 1.24 bits per heavy atom. The second-order valence-corrected chi connectivity index (χ2v) is 10.2. The number of nitrogens with zero attached hydrogens (tertiary/aromatic N) is 1. The van der Waals surface area contributed by atoms with Crippen LogP contribution in [0.1, 0.15) is 141 Å². The molecule has 0 aromatic heterocycles.